The minimum absolute atomic E-state index is 0.00429. The van der Waals surface area contributed by atoms with E-state index in [9.17, 15) is 9.59 Å². The fourth-order valence-electron chi connectivity index (χ4n) is 2.95. The maximum absolute atomic E-state index is 11.8. The normalized spacial score (nSPS) is 15.6. The predicted octanol–water partition coefficient (Wildman–Crippen LogP) is 4.76. The van der Waals surface area contributed by atoms with Crippen molar-refractivity contribution in [1.29, 1.82) is 0 Å². The number of hydrogen-bond donors (Lipinski definition) is 1. The quantitative estimate of drug-likeness (QED) is 0.367. The number of rotatable bonds is 14. The van der Waals surface area contributed by atoms with Gasteiger partial charge in [0.15, 0.2) is 0 Å². The number of amides is 1. The van der Waals surface area contributed by atoms with E-state index in [1.54, 1.807) is 6.92 Å². The standard InChI is InChI=1S/C20H37NO3/c1-3-4-5-6-7-8-9-10-11-12-16-24-20(23)17(2)21-19(22)18-14-13-15-18/h17-18H,3-16H2,1-2H3,(H,21,22)/t17-/m0/s1. The lowest BCUT2D eigenvalue weighted by molar-refractivity contribution is -0.148. The Labute approximate surface area is 148 Å². The van der Waals surface area contributed by atoms with Gasteiger partial charge in [0.2, 0.25) is 5.91 Å². The molecule has 0 aromatic carbocycles. The van der Waals surface area contributed by atoms with Crippen LogP contribution in [0.1, 0.15) is 97.3 Å². The number of carbonyl (C=O) groups is 2. The first kappa shape index (κ1) is 21.0. The third kappa shape index (κ3) is 9.29. The van der Waals surface area contributed by atoms with E-state index in [1.165, 1.54) is 51.4 Å². The van der Waals surface area contributed by atoms with E-state index < -0.39 is 6.04 Å². The molecule has 1 aliphatic carbocycles. The average Bonchev–Trinajstić information content (AvgIpc) is 2.50. The highest BCUT2D eigenvalue weighted by atomic mass is 16.5. The molecule has 1 fully saturated rings. The summed E-state index contributed by atoms with van der Waals surface area (Å²) < 4.78 is 5.25. The summed E-state index contributed by atoms with van der Waals surface area (Å²) in [5, 5.41) is 2.76. The molecule has 1 amide bonds. The Morgan fingerprint density at radius 2 is 1.50 bits per heavy atom. The fourth-order valence-corrected chi connectivity index (χ4v) is 2.95. The van der Waals surface area contributed by atoms with Gasteiger partial charge in [-0.2, -0.15) is 0 Å². The van der Waals surface area contributed by atoms with E-state index in [0.717, 1.165) is 32.1 Å². The Kier molecular flexibility index (Phi) is 11.6. The second kappa shape index (κ2) is 13.3. The van der Waals surface area contributed by atoms with Gasteiger partial charge in [-0.15, -0.1) is 0 Å². The molecule has 1 aliphatic rings. The predicted molar refractivity (Wildman–Crippen MR) is 97.7 cm³/mol. The molecule has 0 unspecified atom stereocenters. The molecule has 0 bridgehead atoms. The molecule has 0 radical (unpaired) electrons. The average molecular weight is 340 g/mol. The second-order valence-electron chi connectivity index (χ2n) is 7.21. The molecule has 1 rings (SSSR count). The Hall–Kier alpha value is -1.06. The molecule has 0 heterocycles. The molecule has 140 valence electrons. The summed E-state index contributed by atoms with van der Waals surface area (Å²) in [5.41, 5.74) is 0. The van der Waals surface area contributed by atoms with Crippen LogP contribution in [0.25, 0.3) is 0 Å². The van der Waals surface area contributed by atoms with Gasteiger partial charge in [-0.05, 0) is 26.2 Å². The maximum atomic E-state index is 11.8. The Bertz CT molecular complexity index is 353. The first-order valence-electron chi connectivity index (χ1n) is 10.1. The van der Waals surface area contributed by atoms with Crippen molar-refractivity contribution < 1.29 is 14.3 Å². The van der Waals surface area contributed by atoms with Crippen LogP contribution in [0.2, 0.25) is 0 Å². The largest absolute Gasteiger partial charge is 0.464 e. The molecule has 4 heteroatoms. The number of unbranched alkanes of at least 4 members (excludes halogenated alkanes) is 9. The summed E-state index contributed by atoms with van der Waals surface area (Å²) in [7, 11) is 0. The van der Waals surface area contributed by atoms with Crippen molar-refractivity contribution >= 4 is 11.9 Å². The number of ether oxygens (including phenoxy) is 1. The second-order valence-corrected chi connectivity index (χ2v) is 7.21. The zero-order chi connectivity index (χ0) is 17.6. The Morgan fingerprint density at radius 3 is 2.00 bits per heavy atom. The van der Waals surface area contributed by atoms with Crippen molar-refractivity contribution in [2.75, 3.05) is 6.61 Å². The molecule has 0 aromatic rings. The van der Waals surface area contributed by atoms with Gasteiger partial charge < -0.3 is 10.1 Å². The van der Waals surface area contributed by atoms with Crippen LogP contribution in [-0.4, -0.2) is 24.5 Å². The highest BCUT2D eigenvalue weighted by molar-refractivity contribution is 5.85. The van der Waals surface area contributed by atoms with Gasteiger partial charge in [0.05, 0.1) is 6.61 Å². The summed E-state index contributed by atoms with van der Waals surface area (Å²) in [6.07, 6.45) is 15.7. The van der Waals surface area contributed by atoms with Crippen LogP contribution in [0.15, 0.2) is 0 Å². The molecule has 24 heavy (non-hydrogen) atoms. The van der Waals surface area contributed by atoms with Gasteiger partial charge in [-0.3, -0.25) is 4.79 Å². The monoisotopic (exact) mass is 339 g/mol. The van der Waals surface area contributed by atoms with Gasteiger partial charge in [0.25, 0.3) is 0 Å². The summed E-state index contributed by atoms with van der Waals surface area (Å²) in [6, 6.07) is -0.527. The number of nitrogens with one attached hydrogen (secondary N) is 1. The highest BCUT2D eigenvalue weighted by Crippen LogP contribution is 2.26. The van der Waals surface area contributed by atoms with E-state index >= 15 is 0 Å². The van der Waals surface area contributed by atoms with Crippen LogP contribution >= 0.6 is 0 Å². The van der Waals surface area contributed by atoms with Crippen LogP contribution in [0, 0.1) is 5.92 Å². The molecule has 1 N–H and O–H groups in total. The Morgan fingerprint density at radius 1 is 0.958 bits per heavy atom. The minimum atomic E-state index is -0.527. The molecule has 0 aliphatic heterocycles. The fraction of sp³-hybridized carbons (Fsp3) is 0.900. The van der Waals surface area contributed by atoms with Crippen molar-refractivity contribution in [2.24, 2.45) is 5.92 Å². The third-order valence-electron chi connectivity index (χ3n) is 4.93. The lowest BCUT2D eigenvalue weighted by atomic mass is 9.84. The number of hydrogen-bond acceptors (Lipinski definition) is 3. The first-order chi connectivity index (χ1) is 11.6. The van der Waals surface area contributed by atoms with E-state index in [-0.39, 0.29) is 17.8 Å². The molecule has 1 atom stereocenters. The maximum Gasteiger partial charge on any atom is 0.328 e. The van der Waals surface area contributed by atoms with Crippen molar-refractivity contribution in [2.45, 2.75) is 103 Å². The van der Waals surface area contributed by atoms with Crippen LogP contribution in [0.5, 0.6) is 0 Å². The van der Waals surface area contributed by atoms with Gasteiger partial charge in [0, 0.05) is 5.92 Å². The Balaban J connectivity index is 1.89. The molecular formula is C20H37NO3. The van der Waals surface area contributed by atoms with Crippen molar-refractivity contribution in [3.63, 3.8) is 0 Å². The number of esters is 1. The first-order valence-corrected chi connectivity index (χ1v) is 10.1. The summed E-state index contributed by atoms with van der Waals surface area (Å²) in [4.78, 5) is 23.6. The summed E-state index contributed by atoms with van der Waals surface area (Å²) in [5.74, 6) is -0.189. The van der Waals surface area contributed by atoms with Gasteiger partial charge in [-0.25, -0.2) is 4.79 Å². The van der Waals surface area contributed by atoms with Crippen LogP contribution in [0.3, 0.4) is 0 Å². The lowest BCUT2D eigenvalue weighted by Gasteiger charge is -2.25. The van der Waals surface area contributed by atoms with Gasteiger partial charge >= 0.3 is 5.97 Å². The van der Waals surface area contributed by atoms with Crippen LogP contribution in [-0.2, 0) is 14.3 Å². The zero-order valence-electron chi connectivity index (χ0n) is 15.8. The molecule has 4 nitrogen and oxygen atoms in total. The number of carbonyl (C=O) groups excluding carboxylic acids is 2. The topological polar surface area (TPSA) is 55.4 Å². The van der Waals surface area contributed by atoms with E-state index in [2.05, 4.69) is 12.2 Å². The molecular weight excluding hydrogens is 302 g/mol. The van der Waals surface area contributed by atoms with E-state index in [0.29, 0.717) is 6.61 Å². The molecule has 0 spiro atoms. The van der Waals surface area contributed by atoms with E-state index in [1.807, 2.05) is 0 Å². The van der Waals surface area contributed by atoms with E-state index in [4.69, 9.17) is 4.74 Å². The highest BCUT2D eigenvalue weighted by Gasteiger charge is 2.27. The van der Waals surface area contributed by atoms with Crippen LogP contribution < -0.4 is 5.32 Å². The van der Waals surface area contributed by atoms with Gasteiger partial charge in [0.1, 0.15) is 6.04 Å². The molecule has 0 saturated heterocycles. The third-order valence-corrected chi connectivity index (χ3v) is 4.93. The smallest absolute Gasteiger partial charge is 0.328 e. The zero-order valence-corrected chi connectivity index (χ0v) is 15.8. The summed E-state index contributed by atoms with van der Waals surface area (Å²) >= 11 is 0. The lowest BCUT2D eigenvalue weighted by Crippen LogP contribution is -2.44. The minimum Gasteiger partial charge on any atom is -0.464 e. The summed E-state index contributed by atoms with van der Waals surface area (Å²) in [6.45, 7) is 4.42. The van der Waals surface area contributed by atoms with Crippen molar-refractivity contribution in [3.05, 3.63) is 0 Å². The van der Waals surface area contributed by atoms with Crippen LogP contribution in [0.4, 0.5) is 0 Å². The SMILES string of the molecule is CCCCCCCCCCCCOC(=O)[C@H](C)NC(=O)C1CCC1. The van der Waals surface area contributed by atoms with Crippen molar-refractivity contribution in [3.8, 4) is 0 Å². The van der Waals surface area contributed by atoms with Gasteiger partial charge in [-0.1, -0.05) is 71.1 Å². The molecule has 0 aromatic heterocycles. The molecule has 1 saturated carbocycles. The van der Waals surface area contributed by atoms with Crippen molar-refractivity contribution in [1.82, 2.24) is 5.32 Å².